The molecule has 32 heavy (non-hydrogen) atoms. The number of Topliss-reactive ketones (excluding diaryl/α,β-unsaturated/α-hetero) is 1. The number of aromatic hydroxyl groups is 1. The van der Waals surface area contributed by atoms with Crippen molar-refractivity contribution in [3.8, 4) is 11.5 Å². The number of phenolic OH excluding ortho intramolecular Hbond substituents is 1. The molecule has 2 aromatic rings. The maximum absolute atomic E-state index is 12.9. The largest absolute Gasteiger partial charge is 0.507 e. The highest BCUT2D eigenvalue weighted by Crippen LogP contribution is 2.32. The van der Waals surface area contributed by atoms with E-state index in [1.54, 1.807) is 0 Å². The molecule has 1 saturated heterocycles. The molecule has 1 fully saturated rings. The van der Waals surface area contributed by atoms with E-state index >= 15 is 0 Å². The third-order valence-corrected chi connectivity index (χ3v) is 5.66. The average Bonchev–Trinajstić information content (AvgIpc) is 2.78. The number of carbonyl (C=O) groups is 1. The summed E-state index contributed by atoms with van der Waals surface area (Å²) in [6, 6.07) is 12.3. The molecule has 0 aromatic heterocycles. The molecule has 0 amide bonds. The minimum Gasteiger partial charge on any atom is -0.507 e. The first-order chi connectivity index (χ1) is 15.2. The number of benzene rings is 2. The lowest BCUT2D eigenvalue weighted by Gasteiger charge is -2.39. The summed E-state index contributed by atoms with van der Waals surface area (Å²) in [6.07, 6.45) is -6.80. The molecule has 8 heteroatoms. The Hall–Kier alpha value is -2.49. The molecule has 0 radical (unpaired) electrons. The van der Waals surface area contributed by atoms with Gasteiger partial charge in [0.25, 0.3) is 0 Å². The molecule has 8 nitrogen and oxygen atoms in total. The van der Waals surface area contributed by atoms with Gasteiger partial charge in [0.2, 0.25) is 6.29 Å². The van der Waals surface area contributed by atoms with E-state index in [-0.39, 0.29) is 29.3 Å². The number of ketones is 1. The molecule has 1 aliphatic heterocycles. The third-order valence-electron chi connectivity index (χ3n) is 5.66. The Morgan fingerprint density at radius 1 is 1.03 bits per heavy atom. The monoisotopic (exact) mass is 446 g/mol. The van der Waals surface area contributed by atoms with Crippen LogP contribution in [-0.2, 0) is 11.2 Å². The summed E-state index contributed by atoms with van der Waals surface area (Å²) < 4.78 is 11.0. The van der Waals surface area contributed by atoms with Gasteiger partial charge in [-0.25, -0.2) is 0 Å². The summed E-state index contributed by atoms with van der Waals surface area (Å²) in [5.74, 6) is -0.272. The highest BCUT2D eigenvalue weighted by Gasteiger charge is 2.45. The quantitative estimate of drug-likeness (QED) is 0.385. The van der Waals surface area contributed by atoms with Crippen LogP contribution in [0.3, 0.4) is 0 Å². The van der Waals surface area contributed by atoms with Gasteiger partial charge in [-0.1, -0.05) is 44.2 Å². The minimum atomic E-state index is -1.63. The van der Waals surface area contributed by atoms with Crippen molar-refractivity contribution in [3.63, 3.8) is 0 Å². The average molecular weight is 446 g/mol. The van der Waals surface area contributed by atoms with Crippen molar-refractivity contribution < 1.29 is 39.8 Å². The van der Waals surface area contributed by atoms with Gasteiger partial charge >= 0.3 is 0 Å². The van der Waals surface area contributed by atoms with Gasteiger partial charge in [-0.05, 0) is 35.6 Å². The van der Waals surface area contributed by atoms with E-state index in [4.69, 9.17) is 9.47 Å². The Morgan fingerprint density at radius 3 is 2.34 bits per heavy atom. The molecule has 0 saturated carbocycles. The van der Waals surface area contributed by atoms with E-state index in [2.05, 4.69) is 13.8 Å². The number of ether oxygens (including phenoxy) is 2. The maximum Gasteiger partial charge on any atom is 0.229 e. The lowest BCUT2D eigenvalue weighted by atomic mass is 9.97. The molecule has 0 unspecified atom stereocenters. The van der Waals surface area contributed by atoms with Crippen LogP contribution in [0.1, 0.15) is 47.7 Å². The van der Waals surface area contributed by atoms with Gasteiger partial charge < -0.3 is 35.0 Å². The van der Waals surface area contributed by atoms with Gasteiger partial charge in [-0.2, -0.15) is 0 Å². The van der Waals surface area contributed by atoms with Gasteiger partial charge in [0, 0.05) is 6.42 Å². The molecule has 1 heterocycles. The van der Waals surface area contributed by atoms with Crippen LogP contribution < -0.4 is 4.74 Å². The van der Waals surface area contributed by atoms with E-state index in [0.717, 1.165) is 5.56 Å². The Kier molecular flexibility index (Phi) is 7.86. The zero-order chi connectivity index (χ0) is 23.4. The molecule has 3 rings (SSSR count). The van der Waals surface area contributed by atoms with E-state index in [0.29, 0.717) is 12.3 Å². The minimum absolute atomic E-state index is 0.0329. The zero-order valence-corrected chi connectivity index (χ0v) is 18.1. The molecule has 1 aliphatic rings. The van der Waals surface area contributed by atoms with Crippen LogP contribution in [-0.4, -0.2) is 68.6 Å². The van der Waals surface area contributed by atoms with Crippen molar-refractivity contribution in [1.82, 2.24) is 0 Å². The van der Waals surface area contributed by atoms with Crippen molar-refractivity contribution in [1.29, 1.82) is 0 Å². The Morgan fingerprint density at radius 2 is 1.72 bits per heavy atom. The molecule has 5 N–H and O–H groups in total. The lowest BCUT2D eigenvalue weighted by Crippen LogP contribution is -2.60. The number of aliphatic hydroxyl groups excluding tert-OH is 4. The standard InChI is InChI=1S/C24H30O8/c1-13(2)15-9-6-14(7-10-15)8-11-17(27)20-16(26)4-3-5-18(20)31-24-23(30)22(29)21(28)19(12-25)32-24/h3-7,9-10,13,19,21-26,28-30H,8,11-12H2,1-2H3/t19-,21-,22+,23-,24-/m1/s1. The fraction of sp³-hybridized carbons (Fsp3) is 0.458. The molecule has 0 bridgehead atoms. The van der Waals surface area contributed by atoms with Crippen LogP contribution >= 0.6 is 0 Å². The lowest BCUT2D eigenvalue weighted by molar-refractivity contribution is -0.277. The summed E-state index contributed by atoms with van der Waals surface area (Å²) in [6.45, 7) is 3.60. The van der Waals surface area contributed by atoms with E-state index < -0.39 is 37.3 Å². The summed E-state index contributed by atoms with van der Waals surface area (Å²) in [5.41, 5.74) is 2.12. The first-order valence-corrected chi connectivity index (χ1v) is 10.6. The number of carbonyl (C=O) groups excluding carboxylic acids is 1. The Bertz CT molecular complexity index is 909. The predicted molar refractivity (Wildman–Crippen MR) is 116 cm³/mol. The predicted octanol–water partition coefficient (Wildman–Crippen LogP) is 1.51. The van der Waals surface area contributed by atoms with Crippen molar-refractivity contribution in [2.24, 2.45) is 0 Å². The summed E-state index contributed by atoms with van der Waals surface area (Å²) in [4.78, 5) is 12.9. The first kappa shape index (κ1) is 24.2. The summed E-state index contributed by atoms with van der Waals surface area (Å²) in [7, 11) is 0. The number of aliphatic hydroxyl groups is 4. The summed E-state index contributed by atoms with van der Waals surface area (Å²) >= 11 is 0. The Labute approximate surface area is 186 Å². The number of aryl methyl sites for hydroxylation is 1. The van der Waals surface area contributed by atoms with Gasteiger partial charge in [0.1, 0.15) is 41.5 Å². The van der Waals surface area contributed by atoms with Crippen molar-refractivity contribution in [2.45, 2.75) is 63.3 Å². The highest BCUT2D eigenvalue weighted by molar-refractivity contribution is 6.01. The van der Waals surface area contributed by atoms with Crippen LogP contribution in [0.5, 0.6) is 11.5 Å². The number of phenols is 1. The van der Waals surface area contributed by atoms with Crippen LogP contribution in [0.4, 0.5) is 0 Å². The second-order valence-electron chi connectivity index (χ2n) is 8.28. The second-order valence-corrected chi connectivity index (χ2v) is 8.28. The SMILES string of the molecule is CC(C)c1ccc(CCC(=O)c2c(O)cccc2O[C@@H]2O[C@H](CO)[C@@H](O)[C@H](O)[C@H]2O)cc1. The molecule has 2 aromatic carbocycles. The van der Waals surface area contributed by atoms with Gasteiger partial charge in [0.05, 0.1) is 6.61 Å². The number of hydrogen-bond donors (Lipinski definition) is 5. The van der Waals surface area contributed by atoms with Gasteiger partial charge in [-0.3, -0.25) is 4.79 Å². The molecular weight excluding hydrogens is 416 g/mol. The fourth-order valence-electron chi connectivity index (χ4n) is 3.64. The molecule has 174 valence electrons. The maximum atomic E-state index is 12.9. The Balaban J connectivity index is 1.74. The molecule has 0 aliphatic carbocycles. The van der Waals surface area contributed by atoms with Gasteiger partial charge in [-0.15, -0.1) is 0 Å². The van der Waals surface area contributed by atoms with E-state index in [1.165, 1.54) is 23.8 Å². The van der Waals surface area contributed by atoms with E-state index in [9.17, 15) is 30.3 Å². The van der Waals surface area contributed by atoms with Crippen LogP contribution in [0, 0.1) is 0 Å². The normalized spacial score (nSPS) is 25.7. The zero-order valence-electron chi connectivity index (χ0n) is 18.1. The topological polar surface area (TPSA) is 137 Å². The smallest absolute Gasteiger partial charge is 0.229 e. The number of hydrogen-bond acceptors (Lipinski definition) is 8. The fourth-order valence-corrected chi connectivity index (χ4v) is 3.64. The van der Waals surface area contributed by atoms with Crippen LogP contribution in [0.15, 0.2) is 42.5 Å². The van der Waals surface area contributed by atoms with Crippen LogP contribution in [0.25, 0.3) is 0 Å². The van der Waals surface area contributed by atoms with Gasteiger partial charge in [0.15, 0.2) is 5.78 Å². The first-order valence-electron chi connectivity index (χ1n) is 10.6. The highest BCUT2D eigenvalue weighted by atomic mass is 16.7. The van der Waals surface area contributed by atoms with E-state index in [1.807, 2.05) is 24.3 Å². The second kappa shape index (κ2) is 10.4. The molecule has 5 atom stereocenters. The van der Waals surface area contributed by atoms with Crippen molar-refractivity contribution in [3.05, 3.63) is 59.2 Å². The molecular formula is C24H30O8. The summed E-state index contributed by atoms with van der Waals surface area (Å²) in [5, 5.41) is 49.7. The van der Waals surface area contributed by atoms with Crippen molar-refractivity contribution >= 4 is 5.78 Å². The molecule has 0 spiro atoms. The van der Waals surface area contributed by atoms with Crippen LogP contribution in [0.2, 0.25) is 0 Å². The third kappa shape index (κ3) is 5.28. The number of rotatable bonds is 8. The van der Waals surface area contributed by atoms with Crippen molar-refractivity contribution in [2.75, 3.05) is 6.61 Å².